The van der Waals surface area contributed by atoms with E-state index in [0.29, 0.717) is 24.5 Å². The Labute approximate surface area is 257 Å². The predicted octanol–water partition coefficient (Wildman–Crippen LogP) is 3.86. The number of halogens is 2. The minimum absolute atomic E-state index is 0.0666. The second kappa shape index (κ2) is 13.9. The Bertz CT molecular complexity index is 1650. The van der Waals surface area contributed by atoms with Crippen molar-refractivity contribution >= 4 is 29.3 Å². The maximum Gasteiger partial charge on any atom is 0.328 e. The number of esters is 1. The molecule has 0 aliphatic carbocycles. The maximum absolute atomic E-state index is 16.2. The molecule has 0 saturated heterocycles. The molecule has 0 radical (unpaired) electrons. The van der Waals surface area contributed by atoms with Crippen LogP contribution in [0.25, 0.3) is 0 Å². The molecular formula is C30H32F2N6O7. The van der Waals surface area contributed by atoms with Gasteiger partial charge in [0.15, 0.2) is 11.5 Å². The zero-order valence-electron chi connectivity index (χ0n) is 24.7. The number of aromatic hydroxyl groups is 1. The number of nitrogens with two attached hydrogens (primary N) is 1. The molecule has 15 heteroatoms. The summed E-state index contributed by atoms with van der Waals surface area (Å²) >= 11 is 0. The number of phenols is 1. The molecule has 4 rings (SSSR count). The molecule has 1 aliphatic rings. The summed E-state index contributed by atoms with van der Waals surface area (Å²) in [6, 6.07) is 8.76. The SMILES string of the molecule is CCOC(=O)C(CCC(=O)O)N(C)c1c(F)c(Oc2cccc(C3=NCCN3C)c2)nc(Oc2cc(C(=N)N)ccc2O)c1F. The molecule has 13 nitrogen and oxygen atoms in total. The van der Waals surface area contributed by atoms with Crippen LogP contribution < -0.4 is 20.1 Å². The molecule has 238 valence electrons. The summed E-state index contributed by atoms with van der Waals surface area (Å²) in [4.78, 5) is 35.3. The van der Waals surface area contributed by atoms with Crippen LogP contribution in [0.4, 0.5) is 14.5 Å². The van der Waals surface area contributed by atoms with Crippen LogP contribution in [-0.2, 0) is 14.3 Å². The van der Waals surface area contributed by atoms with Crippen LogP contribution in [0.5, 0.6) is 29.0 Å². The molecule has 1 atom stereocenters. The standard InChI is InChI=1S/C30H32F2N6O7/c1-4-43-30(42)19(9-11-22(40)41)38(3)25-23(31)28(44-18-7-5-6-17(14-18)27-35-12-13-37(27)2)36-29(24(25)32)45-21-15-16(26(33)34)8-10-20(21)39/h5-8,10,14-15,19,39H,4,9,11-13H2,1-3H3,(H3,33,34)(H,40,41). The normalized spacial score (nSPS) is 13.2. The van der Waals surface area contributed by atoms with Gasteiger partial charge in [-0.2, -0.15) is 13.8 Å². The minimum Gasteiger partial charge on any atom is -0.504 e. The third-order valence-corrected chi connectivity index (χ3v) is 6.85. The summed E-state index contributed by atoms with van der Waals surface area (Å²) in [7, 11) is 3.05. The molecule has 1 unspecified atom stereocenters. The fourth-order valence-corrected chi connectivity index (χ4v) is 4.58. The molecule has 0 bridgehead atoms. The van der Waals surface area contributed by atoms with E-state index in [2.05, 4.69) is 9.98 Å². The summed E-state index contributed by atoms with van der Waals surface area (Å²) in [5.74, 6) is -6.88. The Morgan fingerprint density at radius 3 is 2.49 bits per heavy atom. The van der Waals surface area contributed by atoms with Gasteiger partial charge in [0, 0.05) is 38.2 Å². The lowest BCUT2D eigenvalue weighted by molar-refractivity contribution is -0.145. The van der Waals surface area contributed by atoms with E-state index in [1.165, 1.54) is 26.1 Å². The Kier molecular flexibility index (Phi) is 10.0. The fourth-order valence-electron chi connectivity index (χ4n) is 4.58. The number of rotatable bonds is 13. The first-order chi connectivity index (χ1) is 21.4. The molecule has 0 saturated carbocycles. The number of hydrogen-bond donors (Lipinski definition) is 4. The average molecular weight is 627 g/mol. The number of aliphatic imine (C=N–C) groups is 1. The van der Waals surface area contributed by atoms with Crippen LogP contribution in [0.1, 0.15) is 30.9 Å². The minimum atomic E-state index is -1.43. The van der Waals surface area contributed by atoms with E-state index in [1.54, 1.807) is 18.2 Å². The Morgan fingerprint density at radius 2 is 1.87 bits per heavy atom. The number of likely N-dealkylation sites (N-methyl/N-ethyl adjacent to an activating group) is 2. The van der Waals surface area contributed by atoms with Crippen molar-refractivity contribution in [1.82, 2.24) is 9.88 Å². The van der Waals surface area contributed by atoms with Crippen LogP contribution in [0.2, 0.25) is 0 Å². The number of carbonyl (C=O) groups excluding carboxylic acids is 1. The van der Waals surface area contributed by atoms with Gasteiger partial charge >= 0.3 is 11.9 Å². The number of carboxylic acids is 1. The third kappa shape index (κ3) is 7.37. The average Bonchev–Trinajstić information content (AvgIpc) is 3.42. The van der Waals surface area contributed by atoms with Gasteiger partial charge in [0.25, 0.3) is 11.8 Å². The fraction of sp³-hybridized carbons (Fsp3) is 0.300. The van der Waals surface area contributed by atoms with Gasteiger partial charge in [0.1, 0.15) is 29.1 Å². The number of phenolic OH excluding ortho intramolecular Hbond substituents is 1. The number of amidine groups is 2. The predicted molar refractivity (Wildman–Crippen MR) is 160 cm³/mol. The van der Waals surface area contributed by atoms with E-state index >= 15 is 8.78 Å². The number of pyridine rings is 1. The Balaban J connectivity index is 1.84. The van der Waals surface area contributed by atoms with Gasteiger partial charge in [-0.15, -0.1) is 0 Å². The lowest BCUT2D eigenvalue weighted by atomic mass is 10.1. The van der Waals surface area contributed by atoms with Crippen molar-refractivity contribution < 1.29 is 42.8 Å². The number of nitrogen functional groups attached to an aromatic ring is 1. The van der Waals surface area contributed by atoms with E-state index in [-0.39, 0.29) is 35.9 Å². The van der Waals surface area contributed by atoms with Crippen LogP contribution in [0, 0.1) is 17.0 Å². The summed E-state index contributed by atoms with van der Waals surface area (Å²) in [5.41, 5.74) is 5.50. The summed E-state index contributed by atoms with van der Waals surface area (Å²) in [5, 5.41) is 27.3. The van der Waals surface area contributed by atoms with Crippen molar-refractivity contribution in [3.8, 4) is 29.0 Å². The smallest absolute Gasteiger partial charge is 0.328 e. The number of carbonyl (C=O) groups is 2. The van der Waals surface area contributed by atoms with Gasteiger partial charge in [0.2, 0.25) is 11.6 Å². The van der Waals surface area contributed by atoms with Crippen molar-refractivity contribution in [3.05, 3.63) is 65.2 Å². The van der Waals surface area contributed by atoms with Crippen molar-refractivity contribution in [2.24, 2.45) is 10.7 Å². The second-order valence-electron chi connectivity index (χ2n) is 9.96. The van der Waals surface area contributed by atoms with Crippen molar-refractivity contribution in [2.75, 3.05) is 38.7 Å². The highest BCUT2D eigenvalue weighted by atomic mass is 19.1. The molecule has 2 heterocycles. The van der Waals surface area contributed by atoms with E-state index in [0.717, 1.165) is 17.0 Å². The second-order valence-corrected chi connectivity index (χ2v) is 9.96. The van der Waals surface area contributed by atoms with E-state index in [1.807, 2.05) is 11.9 Å². The quantitative estimate of drug-likeness (QED) is 0.123. The van der Waals surface area contributed by atoms with Gasteiger partial charge in [-0.1, -0.05) is 12.1 Å². The highest BCUT2D eigenvalue weighted by molar-refractivity contribution is 6.00. The zero-order valence-corrected chi connectivity index (χ0v) is 24.7. The topological polar surface area (TPSA) is 184 Å². The van der Waals surface area contributed by atoms with Gasteiger partial charge in [-0.3, -0.25) is 15.2 Å². The largest absolute Gasteiger partial charge is 0.504 e. The number of aromatic nitrogens is 1. The van der Waals surface area contributed by atoms with E-state index in [4.69, 9.17) is 25.4 Å². The van der Waals surface area contributed by atoms with E-state index < -0.39 is 59.2 Å². The number of aliphatic carboxylic acids is 1. The highest BCUT2D eigenvalue weighted by Gasteiger charge is 2.34. The summed E-state index contributed by atoms with van der Waals surface area (Å²) in [6.07, 6.45) is -0.858. The molecule has 5 N–H and O–H groups in total. The van der Waals surface area contributed by atoms with Crippen LogP contribution in [0.3, 0.4) is 0 Å². The van der Waals surface area contributed by atoms with Crippen molar-refractivity contribution in [1.29, 1.82) is 5.41 Å². The lowest BCUT2D eigenvalue weighted by Gasteiger charge is -2.29. The highest BCUT2D eigenvalue weighted by Crippen LogP contribution is 2.40. The first-order valence-electron chi connectivity index (χ1n) is 13.8. The first-order valence-corrected chi connectivity index (χ1v) is 13.8. The monoisotopic (exact) mass is 626 g/mol. The number of anilines is 1. The molecule has 1 aliphatic heterocycles. The Hall–Kier alpha value is -5.47. The lowest BCUT2D eigenvalue weighted by Crippen LogP contribution is -2.41. The molecule has 0 amide bonds. The van der Waals surface area contributed by atoms with Gasteiger partial charge in [0.05, 0.1) is 13.2 Å². The number of hydrogen-bond acceptors (Lipinski definition) is 11. The van der Waals surface area contributed by atoms with Gasteiger partial charge in [-0.05, 0) is 43.7 Å². The molecule has 0 spiro atoms. The van der Waals surface area contributed by atoms with Crippen molar-refractivity contribution in [2.45, 2.75) is 25.8 Å². The number of carboxylic acid groups (broad SMARTS) is 1. The summed E-state index contributed by atoms with van der Waals surface area (Å²) in [6.45, 7) is 2.78. The third-order valence-electron chi connectivity index (χ3n) is 6.85. The van der Waals surface area contributed by atoms with E-state index in [9.17, 15) is 19.8 Å². The van der Waals surface area contributed by atoms with Gasteiger partial charge < -0.3 is 40.0 Å². The number of benzene rings is 2. The maximum atomic E-state index is 16.2. The number of ether oxygens (including phenoxy) is 3. The van der Waals surface area contributed by atoms with Crippen molar-refractivity contribution in [3.63, 3.8) is 0 Å². The van der Waals surface area contributed by atoms with Crippen LogP contribution in [-0.4, -0.2) is 83.5 Å². The Morgan fingerprint density at radius 1 is 1.16 bits per heavy atom. The molecule has 3 aromatic rings. The number of nitrogens with zero attached hydrogens (tertiary/aromatic N) is 4. The molecular weight excluding hydrogens is 594 g/mol. The molecule has 2 aromatic carbocycles. The zero-order chi connectivity index (χ0) is 32.8. The summed E-state index contributed by atoms with van der Waals surface area (Å²) < 4.78 is 48.7. The first kappa shape index (κ1) is 32.4. The van der Waals surface area contributed by atoms with Crippen LogP contribution >= 0.6 is 0 Å². The molecule has 1 aromatic heterocycles. The number of nitrogens with one attached hydrogen (secondary N) is 1. The van der Waals surface area contributed by atoms with Gasteiger partial charge in [-0.25, -0.2) is 4.79 Å². The molecule has 0 fully saturated rings. The van der Waals surface area contributed by atoms with Crippen LogP contribution in [0.15, 0.2) is 47.5 Å². The molecule has 45 heavy (non-hydrogen) atoms.